The number of methoxy groups -OCH3 is 1. The van der Waals surface area contributed by atoms with Crippen LogP contribution in [0.5, 0.6) is 5.88 Å². The molecule has 124 valence electrons. The average molecular weight is 318 g/mol. The second-order valence-electron chi connectivity index (χ2n) is 5.53. The first-order valence-corrected chi connectivity index (χ1v) is 7.89. The highest BCUT2D eigenvalue weighted by atomic mass is 16.5. The molecule has 0 amide bonds. The van der Waals surface area contributed by atoms with Crippen LogP contribution in [0.25, 0.3) is 10.9 Å². The molecule has 0 aliphatic heterocycles. The topological polar surface area (TPSA) is 81.4 Å². The monoisotopic (exact) mass is 318 g/mol. The average Bonchev–Trinajstić information content (AvgIpc) is 2.55. The Labute approximate surface area is 134 Å². The molecule has 2 aromatic rings. The van der Waals surface area contributed by atoms with Crippen molar-refractivity contribution in [2.45, 2.75) is 45.6 Å². The molecule has 0 saturated heterocycles. The number of carboxylic acid groups (broad SMARTS) is 1. The van der Waals surface area contributed by atoms with Crippen LogP contribution < -0.4 is 10.2 Å². The van der Waals surface area contributed by atoms with E-state index in [0.717, 1.165) is 19.3 Å². The summed E-state index contributed by atoms with van der Waals surface area (Å²) < 4.78 is 6.93. The Bertz CT molecular complexity index is 752. The number of ether oxygens (including phenoxy) is 1. The van der Waals surface area contributed by atoms with E-state index in [1.807, 2.05) is 4.57 Å². The van der Waals surface area contributed by atoms with Gasteiger partial charge in [0.15, 0.2) is 0 Å². The quantitative estimate of drug-likeness (QED) is 0.756. The molecule has 2 heterocycles. The van der Waals surface area contributed by atoms with Gasteiger partial charge in [-0.1, -0.05) is 32.6 Å². The van der Waals surface area contributed by atoms with Crippen LogP contribution in [0.1, 0.15) is 49.4 Å². The van der Waals surface area contributed by atoms with E-state index < -0.39 is 11.4 Å². The maximum Gasteiger partial charge on any atom is 0.341 e. The highest BCUT2D eigenvalue weighted by Crippen LogP contribution is 2.17. The zero-order valence-corrected chi connectivity index (χ0v) is 13.5. The number of unbranched alkanes of at least 4 members (excludes halogenated alkanes) is 4. The first kappa shape index (κ1) is 17.0. The SMILES string of the molecule is CCCCCCCn1cc(C(=O)O)c(=O)c2cnc(OC)cc21. The molecule has 0 saturated carbocycles. The molecule has 0 atom stereocenters. The summed E-state index contributed by atoms with van der Waals surface area (Å²) >= 11 is 0. The van der Waals surface area contributed by atoms with Crippen LogP contribution in [0.4, 0.5) is 0 Å². The molecule has 2 rings (SSSR count). The molecular weight excluding hydrogens is 296 g/mol. The van der Waals surface area contributed by atoms with Crippen molar-refractivity contribution in [3.05, 3.63) is 34.2 Å². The second-order valence-corrected chi connectivity index (χ2v) is 5.53. The van der Waals surface area contributed by atoms with E-state index in [1.165, 1.54) is 32.3 Å². The Kier molecular flexibility index (Phi) is 5.73. The zero-order valence-electron chi connectivity index (χ0n) is 13.5. The summed E-state index contributed by atoms with van der Waals surface area (Å²) in [5.74, 6) is -0.813. The van der Waals surface area contributed by atoms with Crippen LogP contribution in [0.15, 0.2) is 23.3 Å². The standard InChI is InChI=1S/C17H22N2O4/c1-3-4-5-6-7-8-19-11-13(17(21)22)16(20)12-10-18-15(23-2)9-14(12)19/h9-11H,3-8H2,1-2H3,(H,21,22). The summed E-state index contributed by atoms with van der Waals surface area (Å²) in [6.45, 7) is 2.82. The number of fused-ring (bicyclic) bond motifs is 1. The summed E-state index contributed by atoms with van der Waals surface area (Å²) in [7, 11) is 1.51. The highest BCUT2D eigenvalue weighted by Gasteiger charge is 2.15. The van der Waals surface area contributed by atoms with Gasteiger partial charge in [0.2, 0.25) is 11.3 Å². The van der Waals surface area contributed by atoms with Gasteiger partial charge in [0.1, 0.15) is 5.56 Å². The number of hydrogen-bond donors (Lipinski definition) is 1. The van der Waals surface area contributed by atoms with Crippen LogP contribution in [0, 0.1) is 0 Å². The van der Waals surface area contributed by atoms with Gasteiger partial charge in [-0.3, -0.25) is 4.79 Å². The number of carbonyl (C=O) groups is 1. The van der Waals surface area contributed by atoms with Crippen molar-refractivity contribution in [3.8, 4) is 5.88 Å². The van der Waals surface area contributed by atoms with Gasteiger partial charge in [-0.15, -0.1) is 0 Å². The predicted octanol–water partition coefficient (Wildman–Crippen LogP) is 3.07. The lowest BCUT2D eigenvalue weighted by Gasteiger charge is -2.13. The van der Waals surface area contributed by atoms with Gasteiger partial charge in [-0.05, 0) is 6.42 Å². The number of aryl methyl sites for hydroxylation is 1. The van der Waals surface area contributed by atoms with E-state index in [1.54, 1.807) is 6.07 Å². The minimum Gasteiger partial charge on any atom is -0.481 e. The van der Waals surface area contributed by atoms with E-state index in [0.29, 0.717) is 23.3 Å². The summed E-state index contributed by atoms with van der Waals surface area (Å²) in [6, 6.07) is 1.68. The van der Waals surface area contributed by atoms with Gasteiger partial charge in [-0.2, -0.15) is 0 Å². The number of aromatic carboxylic acids is 1. The van der Waals surface area contributed by atoms with E-state index in [-0.39, 0.29) is 5.56 Å². The Morgan fingerprint density at radius 2 is 2.04 bits per heavy atom. The van der Waals surface area contributed by atoms with Gasteiger partial charge >= 0.3 is 5.97 Å². The largest absolute Gasteiger partial charge is 0.481 e. The van der Waals surface area contributed by atoms with Crippen LogP contribution in [-0.2, 0) is 6.54 Å². The number of pyridine rings is 2. The Morgan fingerprint density at radius 3 is 2.70 bits per heavy atom. The Balaban J connectivity index is 2.41. The fourth-order valence-corrected chi connectivity index (χ4v) is 2.60. The smallest absolute Gasteiger partial charge is 0.341 e. The van der Waals surface area contributed by atoms with E-state index in [9.17, 15) is 14.7 Å². The highest BCUT2D eigenvalue weighted by molar-refractivity contribution is 5.92. The lowest BCUT2D eigenvalue weighted by Crippen LogP contribution is -2.19. The van der Waals surface area contributed by atoms with Crippen molar-refractivity contribution in [1.82, 2.24) is 9.55 Å². The fraction of sp³-hybridized carbons (Fsp3) is 0.471. The predicted molar refractivity (Wildman–Crippen MR) is 88.3 cm³/mol. The number of hydrogen-bond acceptors (Lipinski definition) is 4. The third-order valence-corrected chi connectivity index (χ3v) is 3.88. The van der Waals surface area contributed by atoms with Crippen LogP contribution in [0.3, 0.4) is 0 Å². The number of nitrogens with zero attached hydrogens (tertiary/aromatic N) is 2. The van der Waals surface area contributed by atoms with Crippen molar-refractivity contribution in [2.24, 2.45) is 0 Å². The summed E-state index contributed by atoms with van der Waals surface area (Å²) in [4.78, 5) is 27.6. The third-order valence-electron chi connectivity index (χ3n) is 3.88. The van der Waals surface area contributed by atoms with Gasteiger partial charge in [0.05, 0.1) is 18.0 Å². The van der Waals surface area contributed by atoms with Crippen molar-refractivity contribution in [3.63, 3.8) is 0 Å². The van der Waals surface area contributed by atoms with Crippen LogP contribution in [-0.4, -0.2) is 27.7 Å². The van der Waals surface area contributed by atoms with Crippen molar-refractivity contribution in [1.29, 1.82) is 0 Å². The molecule has 6 heteroatoms. The van der Waals surface area contributed by atoms with Gasteiger partial charge < -0.3 is 14.4 Å². The minimum absolute atomic E-state index is 0.224. The lowest BCUT2D eigenvalue weighted by atomic mass is 10.1. The van der Waals surface area contributed by atoms with Gasteiger partial charge in [-0.25, -0.2) is 9.78 Å². The number of rotatable bonds is 8. The lowest BCUT2D eigenvalue weighted by molar-refractivity contribution is 0.0695. The second kappa shape index (κ2) is 7.76. The van der Waals surface area contributed by atoms with Gasteiger partial charge in [0.25, 0.3) is 0 Å². The molecule has 1 N–H and O–H groups in total. The first-order chi connectivity index (χ1) is 11.1. The normalized spacial score (nSPS) is 10.9. The zero-order chi connectivity index (χ0) is 16.8. The summed E-state index contributed by atoms with van der Waals surface area (Å²) in [5, 5.41) is 9.54. The molecule has 0 bridgehead atoms. The van der Waals surface area contributed by atoms with E-state index in [4.69, 9.17) is 4.74 Å². The first-order valence-electron chi connectivity index (χ1n) is 7.89. The van der Waals surface area contributed by atoms with E-state index >= 15 is 0 Å². The Hall–Kier alpha value is -2.37. The molecule has 2 aromatic heterocycles. The number of carboxylic acids is 1. The molecule has 6 nitrogen and oxygen atoms in total. The fourth-order valence-electron chi connectivity index (χ4n) is 2.60. The molecule has 0 spiro atoms. The van der Waals surface area contributed by atoms with Crippen LogP contribution >= 0.6 is 0 Å². The molecule has 0 aliphatic carbocycles. The van der Waals surface area contributed by atoms with E-state index in [2.05, 4.69) is 11.9 Å². The molecule has 0 unspecified atom stereocenters. The minimum atomic E-state index is -1.22. The Morgan fingerprint density at radius 1 is 1.30 bits per heavy atom. The van der Waals surface area contributed by atoms with Crippen molar-refractivity contribution < 1.29 is 14.6 Å². The molecule has 0 aromatic carbocycles. The molecule has 0 radical (unpaired) electrons. The maximum absolute atomic E-state index is 12.3. The molecule has 23 heavy (non-hydrogen) atoms. The summed E-state index contributed by atoms with van der Waals surface area (Å²) in [6.07, 6.45) is 8.35. The molecule has 0 aliphatic rings. The van der Waals surface area contributed by atoms with Crippen LogP contribution in [0.2, 0.25) is 0 Å². The molecule has 0 fully saturated rings. The number of aromatic nitrogens is 2. The molecular formula is C17H22N2O4. The third kappa shape index (κ3) is 3.88. The summed E-state index contributed by atoms with van der Waals surface area (Å²) in [5.41, 5.74) is -0.0785. The van der Waals surface area contributed by atoms with Crippen molar-refractivity contribution >= 4 is 16.9 Å². The van der Waals surface area contributed by atoms with Gasteiger partial charge in [0, 0.05) is 25.0 Å². The maximum atomic E-state index is 12.3. The van der Waals surface area contributed by atoms with Crippen molar-refractivity contribution in [2.75, 3.05) is 7.11 Å².